The molecule has 0 fully saturated rings. The van der Waals surface area contributed by atoms with Crippen LogP contribution in [0, 0.1) is 0 Å². The summed E-state index contributed by atoms with van der Waals surface area (Å²) < 4.78 is 5.73. The Morgan fingerprint density at radius 3 is 2.59 bits per heavy atom. The third kappa shape index (κ3) is 6.39. The number of hydrogen-bond acceptors (Lipinski definition) is 5. The number of nitrogens with one attached hydrogen (secondary N) is 1. The van der Waals surface area contributed by atoms with Crippen molar-refractivity contribution < 1.29 is 19.7 Å². The number of nitrogens with zero attached hydrogens (tertiary/aromatic N) is 1. The minimum absolute atomic E-state index is 0.194. The second-order valence-electron chi connectivity index (χ2n) is 6.42. The van der Waals surface area contributed by atoms with Gasteiger partial charge in [0.05, 0.1) is 0 Å². The van der Waals surface area contributed by atoms with E-state index in [0.29, 0.717) is 25.1 Å². The highest BCUT2D eigenvalue weighted by Crippen LogP contribution is 2.25. The summed E-state index contributed by atoms with van der Waals surface area (Å²) in [7, 11) is 0. The predicted octanol–water partition coefficient (Wildman–Crippen LogP) is 3.44. The van der Waals surface area contributed by atoms with Crippen LogP contribution in [-0.2, 0) is 17.8 Å². The number of amides is 1. The second kappa shape index (κ2) is 9.94. The Bertz CT molecular complexity index is 970. The lowest BCUT2D eigenvalue weighted by molar-refractivity contribution is -0.116. The molecule has 29 heavy (non-hydrogen) atoms. The molecule has 1 amide bonds. The van der Waals surface area contributed by atoms with E-state index in [1.165, 1.54) is 18.2 Å². The van der Waals surface area contributed by atoms with Gasteiger partial charge in [-0.3, -0.25) is 9.78 Å². The molecule has 1 aromatic heterocycles. The van der Waals surface area contributed by atoms with Crippen LogP contribution >= 0.6 is 0 Å². The minimum Gasteiger partial charge on any atom is -0.504 e. The highest BCUT2D eigenvalue weighted by molar-refractivity contribution is 5.91. The number of rotatable bonds is 8. The van der Waals surface area contributed by atoms with Gasteiger partial charge in [-0.1, -0.05) is 24.3 Å². The number of benzene rings is 2. The number of phenols is 2. The first-order valence-electron chi connectivity index (χ1n) is 9.19. The molecule has 0 bridgehead atoms. The van der Waals surface area contributed by atoms with Crippen molar-refractivity contribution in [2.24, 2.45) is 0 Å². The second-order valence-corrected chi connectivity index (χ2v) is 6.42. The van der Waals surface area contributed by atoms with E-state index in [4.69, 9.17) is 4.74 Å². The maximum atomic E-state index is 11.9. The number of phenolic OH excluding ortho intramolecular Hbond substituents is 2. The first-order chi connectivity index (χ1) is 14.1. The van der Waals surface area contributed by atoms with E-state index in [1.54, 1.807) is 24.5 Å². The molecule has 0 radical (unpaired) electrons. The fraction of sp³-hybridized carbons (Fsp3) is 0.130. The summed E-state index contributed by atoms with van der Waals surface area (Å²) in [5, 5.41) is 21.5. The van der Waals surface area contributed by atoms with Crippen molar-refractivity contribution in [1.29, 1.82) is 0 Å². The SMILES string of the molecule is O=C(/C=C/c1ccc(O)c(O)c1)NCCc1ccc(OCc2cccnc2)cc1. The fourth-order valence-corrected chi connectivity index (χ4v) is 2.61. The monoisotopic (exact) mass is 390 g/mol. The van der Waals surface area contributed by atoms with Crippen LogP contribution in [0.25, 0.3) is 6.08 Å². The van der Waals surface area contributed by atoms with Crippen LogP contribution in [0.15, 0.2) is 73.1 Å². The molecule has 3 rings (SSSR count). The molecule has 0 unspecified atom stereocenters. The van der Waals surface area contributed by atoms with E-state index in [-0.39, 0.29) is 17.4 Å². The lowest BCUT2D eigenvalue weighted by Gasteiger charge is -2.07. The molecule has 0 spiro atoms. The van der Waals surface area contributed by atoms with Gasteiger partial charge in [0.2, 0.25) is 5.91 Å². The minimum atomic E-state index is -0.228. The van der Waals surface area contributed by atoms with E-state index in [0.717, 1.165) is 16.9 Å². The Morgan fingerprint density at radius 2 is 1.86 bits per heavy atom. The topological polar surface area (TPSA) is 91.7 Å². The zero-order valence-corrected chi connectivity index (χ0v) is 15.8. The number of ether oxygens (including phenoxy) is 1. The van der Waals surface area contributed by atoms with E-state index in [2.05, 4.69) is 10.3 Å². The third-order valence-electron chi connectivity index (χ3n) is 4.19. The van der Waals surface area contributed by atoms with Gasteiger partial charge in [0.25, 0.3) is 0 Å². The molecule has 3 aromatic rings. The Balaban J connectivity index is 1.41. The molecule has 6 heteroatoms. The average molecular weight is 390 g/mol. The first kappa shape index (κ1) is 19.9. The van der Waals surface area contributed by atoms with Gasteiger partial charge in [0.15, 0.2) is 11.5 Å². The summed E-state index contributed by atoms with van der Waals surface area (Å²) in [6.45, 7) is 0.967. The lowest BCUT2D eigenvalue weighted by atomic mass is 10.1. The molecule has 0 aliphatic rings. The van der Waals surface area contributed by atoms with Crippen molar-refractivity contribution in [1.82, 2.24) is 10.3 Å². The van der Waals surface area contributed by atoms with E-state index >= 15 is 0 Å². The smallest absolute Gasteiger partial charge is 0.244 e. The largest absolute Gasteiger partial charge is 0.504 e. The number of hydrogen-bond donors (Lipinski definition) is 3. The van der Waals surface area contributed by atoms with Gasteiger partial charge in [-0.05, 0) is 54.0 Å². The molecule has 6 nitrogen and oxygen atoms in total. The van der Waals surface area contributed by atoms with Crippen molar-refractivity contribution in [3.63, 3.8) is 0 Å². The van der Waals surface area contributed by atoms with Crippen molar-refractivity contribution in [2.45, 2.75) is 13.0 Å². The van der Waals surface area contributed by atoms with E-state index < -0.39 is 0 Å². The summed E-state index contributed by atoms with van der Waals surface area (Å²) in [6, 6.07) is 16.0. The Labute approximate surface area is 169 Å². The molecule has 0 aliphatic heterocycles. The van der Waals surface area contributed by atoms with Crippen LogP contribution in [0.3, 0.4) is 0 Å². The molecular weight excluding hydrogens is 368 g/mol. The maximum Gasteiger partial charge on any atom is 0.244 e. The van der Waals surface area contributed by atoms with Crippen LogP contribution in [0.5, 0.6) is 17.2 Å². The van der Waals surface area contributed by atoms with Crippen LogP contribution in [0.1, 0.15) is 16.7 Å². The number of pyridine rings is 1. The van der Waals surface area contributed by atoms with Crippen molar-refractivity contribution in [2.75, 3.05) is 6.54 Å². The van der Waals surface area contributed by atoms with Gasteiger partial charge in [-0.25, -0.2) is 0 Å². The fourth-order valence-electron chi connectivity index (χ4n) is 2.61. The van der Waals surface area contributed by atoms with Crippen molar-refractivity contribution in [3.8, 4) is 17.2 Å². The number of aromatic hydroxyl groups is 2. The van der Waals surface area contributed by atoms with Crippen LogP contribution < -0.4 is 10.1 Å². The molecule has 3 N–H and O–H groups in total. The molecule has 1 heterocycles. The Kier molecular flexibility index (Phi) is 6.84. The van der Waals surface area contributed by atoms with Gasteiger partial charge in [-0.15, -0.1) is 0 Å². The van der Waals surface area contributed by atoms with Crippen LogP contribution in [-0.4, -0.2) is 27.6 Å². The predicted molar refractivity (Wildman–Crippen MR) is 111 cm³/mol. The zero-order chi connectivity index (χ0) is 20.5. The summed E-state index contributed by atoms with van der Waals surface area (Å²) >= 11 is 0. The molecule has 0 saturated heterocycles. The highest BCUT2D eigenvalue weighted by atomic mass is 16.5. The summed E-state index contributed by atoms with van der Waals surface area (Å²) in [4.78, 5) is 16.0. The summed E-state index contributed by atoms with van der Waals surface area (Å²) in [5.41, 5.74) is 2.72. The zero-order valence-electron chi connectivity index (χ0n) is 15.8. The summed E-state index contributed by atoms with van der Waals surface area (Å²) in [6.07, 6.45) is 7.16. The van der Waals surface area contributed by atoms with Gasteiger partial charge in [-0.2, -0.15) is 0 Å². The van der Waals surface area contributed by atoms with Crippen LogP contribution in [0.4, 0.5) is 0 Å². The van der Waals surface area contributed by atoms with Gasteiger partial charge < -0.3 is 20.3 Å². The van der Waals surface area contributed by atoms with E-state index in [1.807, 2.05) is 36.4 Å². The highest BCUT2D eigenvalue weighted by Gasteiger charge is 2.01. The van der Waals surface area contributed by atoms with Gasteiger partial charge >= 0.3 is 0 Å². The molecular formula is C23H22N2O4. The first-order valence-corrected chi connectivity index (χ1v) is 9.19. The van der Waals surface area contributed by atoms with Gasteiger partial charge in [0, 0.05) is 30.6 Å². The third-order valence-corrected chi connectivity index (χ3v) is 4.19. The average Bonchev–Trinajstić information content (AvgIpc) is 2.75. The maximum absolute atomic E-state index is 11.9. The Morgan fingerprint density at radius 1 is 1.03 bits per heavy atom. The molecule has 2 aromatic carbocycles. The molecule has 0 aliphatic carbocycles. The lowest BCUT2D eigenvalue weighted by Crippen LogP contribution is -2.23. The molecule has 0 atom stereocenters. The molecule has 0 saturated carbocycles. The number of aromatic nitrogens is 1. The summed E-state index contributed by atoms with van der Waals surface area (Å²) in [5.74, 6) is 0.135. The van der Waals surface area contributed by atoms with Gasteiger partial charge in [0.1, 0.15) is 12.4 Å². The number of carbonyl (C=O) groups is 1. The quantitative estimate of drug-likeness (QED) is 0.405. The molecule has 148 valence electrons. The van der Waals surface area contributed by atoms with Crippen molar-refractivity contribution in [3.05, 3.63) is 89.8 Å². The Hall–Kier alpha value is -3.80. The number of carbonyl (C=O) groups excluding carboxylic acids is 1. The van der Waals surface area contributed by atoms with Crippen LogP contribution in [0.2, 0.25) is 0 Å². The van der Waals surface area contributed by atoms with E-state index in [9.17, 15) is 15.0 Å². The standard InChI is InChI=1S/C23H22N2O4/c26-21-9-5-18(14-22(21)27)6-10-23(28)25-13-11-17-3-7-20(8-4-17)29-16-19-2-1-12-24-15-19/h1-10,12,14-15,26-27H,11,13,16H2,(H,25,28)/b10-6+. The normalized spacial score (nSPS) is 10.8. The van der Waals surface area contributed by atoms with Crippen molar-refractivity contribution >= 4 is 12.0 Å².